The zero-order valence-corrected chi connectivity index (χ0v) is 23.4. The van der Waals surface area contributed by atoms with Gasteiger partial charge in [0.05, 0.1) is 29.5 Å². The second kappa shape index (κ2) is 7.68. The minimum atomic E-state index is -0.870. The van der Waals surface area contributed by atoms with E-state index in [1.165, 1.54) is 11.1 Å². The molecule has 3 fully saturated rings. The summed E-state index contributed by atoms with van der Waals surface area (Å²) in [6.07, 6.45) is 11.2. The van der Waals surface area contributed by atoms with Crippen LogP contribution in [0.3, 0.4) is 0 Å². The summed E-state index contributed by atoms with van der Waals surface area (Å²) in [5, 5.41) is 33.3. The summed E-state index contributed by atoms with van der Waals surface area (Å²) >= 11 is 0. The molecule has 198 valence electrons. The number of ether oxygens (including phenoxy) is 1. The molecular formula is C31H50O4. The fraction of sp³-hybridized carbons (Fsp3) is 0.871. The maximum Gasteiger partial charge on any atom is 0.0865 e. The Kier molecular flexibility index (Phi) is 5.69. The van der Waals surface area contributed by atoms with Gasteiger partial charge in [-0.1, -0.05) is 53.7 Å². The SMILES string of the molecule is CCC1(C2C(O)C[C@@]3(C)C4CC=C5C(=CCC(O)C5(C)C)[C@]4(C)CCC23C)CCC(C(C)(C)O)O1. The van der Waals surface area contributed by atoms with Crippen LogP contribution in [0.1, 0.15) is 107 Å². The van der Waals surface area contributed by atoms with Gasteiger partial charge in [0.15, 0.2) is 0 Å². The smallest absolute Gasteiger partial charge is 0.0865 e. The standard InChI is InChI=1S/C31H50O4/c1-9-31(15-14-24(35-31)27(4,5)34)25-21(32)18-30(8)22-12-10-19-20(11-13-23(33)26(19,2)3)28(22,6)16-17-29(25,30)7/h10-11,21-25,32-34H,9,12-18H2,1-8H3/t21?,22?,23?,24?,25?,28-,29?,30-,31?/m0/s1. The van der Waals surface area contributed by atoms with Crippen LogP contribution in [0.2, 0.25) is 0 Å². The van der Waals surface area contributed by atoms with Gasteiger partial charge in [-0.3, -0.25) is 0 Å². The largest absolute Gasteiger partial charge is 0.393 e. The normalized spacial score (nSPS) is 51.2. The molecule has 4 heteroatoms. The van der Waals surface area contributed by atoms with Crippen LogP contribution in [-0.2, 0) is 4.74 Å². The summed E-state index contributed by atoms with van der Waals surface area (Å²) in [6.45, 7) is 17.7. The minimum absolute atomic E-state index is 0.00842. The first-order valence-electron chi connectivity index (χ1n) is 14.2. The summed E-state index contributed by atoms with van der Waals surface area (Å²) in [7, 11) is 0. The third-order valence-electron chi connectivity index (χ3n) is 12.4. The van der Waals surface area contributed by atoms with Crippen LogP contribution in [0.15, 0.2) is 23.3 Å². The molecule has 0 radical (unpaired) electrons. The fourth-order valence-corrected chi connectivity index (χ4v) is 10.0. The van der Waals surface area contributed by atoms with E-state index in [1.807, 2.05) is 13.8 Å². The van der Waals surface area contributed by atoms with E-state index in [4.69, 9.17) is 4.74 Å². The molecule has 0 bridgehead atoms. The third kappa shape index (κ3) is 3.25. The number of allylic oxidation sites excluding steroid dienone is 2. The van der Waals surface area contributed by atoms with Crippen molar-refractivity contribution in [1.29, 1.82) is 0 Å². The Morgan fingerprint density at radius 2 is 1.60 bits per heavy atom. The Morgan fingerprint density at radius 1 is 0.943 bits per heavy atom. The summed E-state index contributed by atoms with van der Waals surface area (Å²) in [5.41, 5.74) is 1.39. The molecule has 1 aliphatic heterocycles. The Morgan fingerprint density at radius 3 is 2.20 bits per heavy atom. The molecule has 35 heavy (non-hydrogen) atoms. The zero-order valence-electron chi connectivity index (χ0n) is 23.4. The van der Waals surface area contributed by atoms with Crippen molar-refractivity contribution in [2.45, 2.75) is 136 Å². The van der Waals surface area contributed by atoms with Crippen molar-refractivity contribution in [3.63, 3.8) is 0 Å². The number of aliphatic hydroxyl groups is 3. The predicted octanol–water partition coefficient (Wildman–Crippen LogP) is 5.94. The van der Waals surface area contributed by atoms with Gasteiger partial charge in [-0.2, -0.15) is 0 Å². The molecule has 4 aliphatic carbocycles. The number of hydrogen-bond acceptors (Lipinski definition) is 4. The molecule has 0 amide bonds. The molecular weight excluding hydrogens is 436 g/mol. The fourth-order valence-electron chi connectivity index (χ4n) is 10.0. The lowest BCUT2D eigenvalue weighted by atomic mass is 9.40. The van der Waals surface area contributed by atoms with Crippen LogP contribution in [0.25, 0.3) is 0 Å². The summed E-state index contributed by atoms with van der Waals surface area (Å²) < 4.78 is 6.80. The maximum absolute atomic E-state index is 11.8. The average molecular weight is 487 g/mol. The van der Waals surface area contributed by atoms with Crippen LogP contribution in [0.4, 0.5) is 0 Å². The number of rotatable bonds is 3. The summed E-state index contributed by atoms with van der Waals surface area (Å²) in [6, 6.07) is 0. The van der Waals surface area contributed by atoms with Gasteiger partial charge in [0, 0.05) is 11.3 Å². The highest BCUT2D eigenvalue weighted by Crippen LogP contribution is 2.75. The molecule has 0 aromatic rings. The highest BCUT2D eigenvalue weighted by atomic mass is 16.5. The van der Waals surface area contributed by atoms with E-state index in [2.05, 4.69) is 53.7 Å². The van der Waals surface area contributed by atoms with Crippen molar-refractivity contribution in [1.82, 2.24) is 0 Å². The molecule has 5 aliphatic rings. The van der Waals surface area contributed by atoms with Gasteiger partial charge in [0.2, 0.25) is 0 Å². The molecule has 3 N–H and O–H groups in total. The van der Waals surface area contributed by atoms with E-state index in [0.717, 1.165) is 51.4 Å². The van der Waals surface area contributed by atoms with E-state index in [0.29, 0.717) is 5.92 Å². The van der Waals surface area contributed by atoms with Gasteiger partial charge in [0.1, 0.15) is 0 Å². The van der Waals surface area contributed by atoms with Gasteiger partial charge in [0.25, 0.3) is 0 Å². The minimum Gasteiger partial charge on any atom is -0.393 e. The van der Waals surface area contributed by atoms with Crippen LogP contribution in [0.5, 0.6) is 0 Å². The molecule has 4 nitrogen and oxygen atoms in total. The monoisotopic (exact) mass is 486 g/mol. The molecule has 1 saturated heterocycles. The maximum atomic E-state index is 11.8. The molecule has 5 rings (SSSR count). The van der Waals surface area contributed by atoms with E-state index in [-0.39, 0.29) is 45.4 Å². The predicted molar refractivity (Wildman–Crippen MR) is 140 cm³/mol. The number of hydrogen-bond donors (Lipinski definition) is 3. The summed E-state index contributed by atoms with van der Waals surface area (Å²) in [5.74, 6) is 0.528. The topological polar surface area (TPSA) is 69.9 Å². The lowest BCUT2D eigenvalue weighted by Gasteiger charge is -2.64. The highest BCUT2D eigenvalue weighted by Gasteiger charge is 2.72. The zero-order chi connectivity index (χ0) is 25.8. The molecule has 7 unspecified atom stereocenters. The van der Waals surface area contributed by atoms with Crippen molar-refractivity contribution in [2.75, 3.05) is 0 Å². The molecule has 9 atom stereocenters. The van der Waals surface area contributed by atoms with Gasteiger partial charge >= 0.3 is 0 Å². The van der Waals surface area contributed by atoms with Crippen molar-refractivity contribution in [2.24, 2.45) is 33.5 Å². The lowest BCUT2D eigenvalue weighted by Crippen LogP contribution is -2.59. The van der Waals surface area contributed by atoms with Gasteiger partial charge < -0.3 is 20.1 Å². The Hall–Kier alpha value is -0.680. The first kappa shape index (κ1) is 25.9. The van der Waals surface area contributed by atoms with Crippen molar-refractivity contribution in [3.8, 4) is 0 Å². The van der Waals surface area contributed by atoms with Gasteiger partial charge in [-0.25, -0.2) is 0 Å². The van der Waals surface area contributed by atoms with Crippen LogP contribution in [-0.4, -0.2) is 44.8 Å². The quantitative estimate of drug-likeness (QED) is 0.462. The van der Waals surface area contributed by atoms with Crippen molar-refractivity contribution in [3.05, 3.63) is 23.3 Å². The first-order valence-corrected chi connectivity index (χ1v) is 14.2. The van der Waals surface area contributed by atoms with Crippen LogP contribution < -0.4 is 0 Å². The number of aliphatic hydroxyl groups excluding tert-OH is 2. The van der Waals surface area contributed by atoms with Gasteiger partial charge in [-0.05, 0) is 98.5 Å². The van der Waals surface area contributed by atoms with Crippen LogP contribution >= 0.6 is 0 Å². The third-order valence-corrected chi connectivity index (χ3v) is 12.4. The van der Waals surface area contributed by atoms with E-state index >= 15 is 0 Å². The van der Waals surface area contributed by atoms with E-state index < -0.39 is 11.7 Å². The number of fused-ring (bicyclic) bond motifs is 5. The van der Waals surface area contributed by atoms with Crippen molar-refractivity contribution >= 4 is 0 Å². The van der Waals surface area contributed by atoms with E-state index in [9.17, 15) is 15.3 Å². The Bertz CT molecular complexity index is 942. The second-order valence-corrected chi connectivity index (χ2v) is 14.7. The molecule has 1 heterocycles. The molecule has 2 saturated carbocycles. The Labute approximate surface area is 213 Å². The highest BCUT2D eigenvalue weighted by molar-refractivity contribution is 5.48. The lowest BCUT2D eigenvalue weighted by molar-refractivity contribution is -0.193. The van der Waals surface area contributed by atoms with Crippen LogP contribution in [0, 0.1) is 33.5 Å². The molecule has 0 aromatic carbocycles. The molecule has 0 spiro atoms. The second-order valence-electron chi connectivity index (χ2n) is 14.7. The average Bonchev–Trinajstić information content (AvgIpc) is 3.28. The summed E-state index contributed by atoms with van der Waals surface area (Å²) in [4.78, 5) is 0. The van der Waals surface area contributed by atoms with Crippen molar-refractivity contribution < 1.29 is 20.1 Å². The Balaban J connectivity index is 1.55. The van der Waals surface area contributed by atoms with Gasteiger partial charge in [-0.15, -0.1) is 0 Å². The van der Waals surface area contributed by atoms with E-state index in [1.54, 1.807) is 0 Å². The molecule has 0 aromatic heterocycles. The first-order chi connectivity index (χ1) is 16.1.